The van der Waals surface area contributed by atoms with Gasteiger partial charge in [0.25, 0.3) is 0 Å². The molecule has 152 valence electrons. The Morgan fingerprint density at radius 3 is 2.21 bits per heavy atom. The Hall–Kier alpha value is -3.35. The number of nitrogens with one attached hydrogen (secondary N) is 1. The van der Waals surface area contributed by atoms with Gasteiger partial charge in [0, 0.05) is 43.9 Å². The number of hydrogen-bond donors (Lipinski definition) is 2. The summed E-state index contributed by atoms with van der Waals surface area (Å²) < 4.78 is 0. The molecule has 1 aliphatic rings. The molecule has 0 saturated carbocycles. The molecule has 3 N–H and O–H groups in total. The molecule has 2 aromatic rings. The van der Waals surface area contributed by atoms with Crippen molar-refractivity contribution in [2.75, 3.05) is 31.5 Å². The highest BCUT2D eigenvalue weighted by Gasteiger charge is 2.22. The normalized spacial score (nSPS) is 14.2. The van der Waals surface area contributed by atoms with Crippen molar-refractivity contribution in [3.8, 4) is 0 Å². The molecule has 1 fully saturated rings. The summed E-state index contributed by atoms with van der Waals surface area (Å²) in [5.74, 6) is -0.384. The van der Waals surface area contributed by atoms with Crippen LogP contribution in [0.5, 0.6) is 0 Å². The van der Waals surface area contributed by atoms with Crippen molar-refractivity contribution in [1.82, 2.24) is 9.80 Å². The third-order valence-electron chi connectivity index (χ3n) is 5.03. The third kappa shape index (κ3) is 5.81. The van der Waals surface area contributed by atoms with Crippen LogP contribution < -0.4 is 11.1 Å². The van der Waals surface area contributed by atoms with E-state index in [0.29, 0.717) is 43.9 Å². The molecular weight excluding hydrogens is 368 g/mol. The van der Waals surface area contributed by atoms with E-state index in [2.05, 4.69) is 5.32 Å². The number of benzene rings is 2. The van der Waals surface area contributed by atoms with E-state index in [1.165, 1.54) is 0 Å². The molecule has 0 unspecified atom stereocenters. The molecule has 0 bridgehead atoms. The fourth-order valence-corrected chi connectivity index (χ4v) is 3.34. The van der Waals surface area contributed by atoms with Crippen LogP contribution in [0.25, 0.3) is 0 Å². The first-order valence-corrected chi connectivity index (χ1v) is 9.80. The van der Waals surface area contributed by atoms with Crippen LogP contribution in [-0.4, -0.2) is 53.8 Å². The first-order valence-electron chi connectivity index (χ1n) is 9.80. The molecule has 1 aliphatic heterocycles. The van der Waals surface area contributed by atoms with Gasteiger partial charge in [-0.1, -0.05) is 30.3 Å². The number of carbonyl (C=O) groups excluding carboxylic acids is 3. The van der Waals surface area contributed by atoms with Crippen molar-refractivity contribution < 1.29 is 14.4 Å². The maximum atomic E-state index is 12.5. The van der Waals surface area contributed by atoms with Crippen molar-refractivity contribution in [1.29, 1.82) is 0 Å². The van der Waals surface area contributed by atoms with Crippen LogP contribution in [0.15, 0.2) is 54.6 Å². The highest BCUT2D eigenvalue weighted by atomic mass is 16.2. The van der Waals surface area contributed by atoms with E-state index in [-0.39, 0.29) is 11.9 Å². The largest absolute Gasteiger partial charge is 0.366 e. The molecule has 7 heteroatoms. The van der Waals surface area contributed by atoms with Crippen molar-refractivity contribution in [2.24, 2.45) is 5.73 Å². The Morgan fingerprint density at radius 1 is 0.862 bits per heavy atom. The van der Waals surface area contributed by atoms with Crippen molar-refractivity contribution in [2.45, 2.75) is 19.3 Å². The van der Waals surface area contributed by atoms with Gasteiger partial charge in [0.15, 0.2) is 0 Å². The minimum Gasteiger partial charge on any atom is -0.366 e. The fraction of sp³-hybridized carbons (Fsp3) is 0.318. The Bertz CT molecular complexity index is 852. The first-order chi connectivity index (χ1) is 14.0. The fourth-order valence-electron chi connectivity index (χ4n) is 3.34. The van der Waals surface area contributed by atoms with Gasteiger partial charge in [0.2, 0.25) is 11.8 Å². The zero-order valence-electron chi connectivity index (χ0n) is 16.3. The van der Waals surface area contributed by atoms with E-state index >= 15 is 0 Å². The number of hydrogen-bond acceptors (Lipinski definition) is 3. The molecule has 2 aromatic carbocycles. The van der Waals surface area contributed by atoms with Gasteiger partial charge in [-0.05, 0) is 42.7 Å². The van der Waals surface area contributed by atoms with E-state index in [0.717, 1.165) is 18.4 Å². The van der Waals surface area contributed by atoms with E-state index in [1.54, 1.807) is 29.2 Å². The number of carbonyl (C=O) groups is 3. The van der Waals surface area contributed by atoms with Gasteiger partial charge in [-0.25, -0.2) is 4.79 Å². The van der Waals surface area contributed by atoms with Crippen molar-refractivity contribution >= 4 is 23.5 Å². The number of nitrogens with two attached hydrogens (primary N) is 1. The predicted octanol–water partition coefficient (Wildman–Crippen LogP) is 2.48. The molecule has 4 amide bonds. The number of aryl methyl sites for hydroxylation is 1. The Balaban J connectivity index is 1.48. The van der Waals surface area contributed by atoms with E-state index in [9.17, 15) is 14.4 Å². The molecule has 29 heavy (non-hydrogen) atoms. The summed E-state index contributed by atoms with van der Waals surface area (Å²) in [5.41, 5.74) is 7.36. The Morgan fingerprint density at radius 2 is 1.52 bits per heavy atom. The zero-order valence-corrected chi connectivity index (χ0v) is 16.3. The SMILES string of the molecule is NC(=O)c1ccc(NC(=O)N2CCCN(C(=O)CCc3ccccc3)CC2)cc1. The predicted molar refractivity (Wildman–Crippen MR) is 112 cm³/mol. The molecule has 0 aliphatic carbocycles. The van der Waals surface area contributed by atoms with Crippen LogP contribution in [0.1, 0.15) is 28.8 Å². The highest BCUT2D eigenvalue weighted by molar-refractivity contribution is 5.94. The van der Waals surface area contributed by atoms with Gasteiger partial charge >= 0.3 is 6.03 Å². The summed E-state index contributed by atoms with van der Waals surface area (Å²) >= 11 is 0. The zero-order chi connectivity index (χ0) is 20.6. The van der Waals surface area contributed by atoms with Gasteiger partial charge in [-0.15, -0.1) is 0 Å². The highest BCUT2D eigenvalue weighted by Crippen LogP contribution is 2.12. The smallest absolute Gasteiger partial charge is 0.321 e. The van der Waals surface area contributed by atoms with Gasteiger partial charge in [-0.3, -0.25) is 9.59 Å². The third-order valence-corrected chi connectivity index (χ3v) is 5.03. The molecule has 1 saturated heterocycles. The maximum Gasteiger partial charge on any atom is 0.321 e. The van der Waals surface area contributed by atoms with Gasteiger partial charge < -0.3 is 20.9 Å². The number of nitrogens with zero attached hydrogens (tertiary/aromatic N) is 2. The molecule has 3 rings (SSSR count). The summed E-state index contributed by atoms with van der Waals surface area (Å²) in [6.45, 7) is 2.27. The van der Waals surface area contributed by atoms with Gasteiger partial charge in [-0.2, -0.15) is 0 Å². The Labute approximate surface area is 170 Å². The minimum atomic E-state index is -0.507. The summed E-state index contributed by atoms with van der Waals surface area (Å²) in [4.78, 5) is 39.8. The van der Waals surface area contributed by atoms with E-state index in [4.69, 9.17) is 5.73 Å². The summed E-state index contributed by atoms with van der Waals surface area (Å²) in [6.07, 6.45) is 1.94. The summed E-state index contributed by atoms with van der Waals surface area (Å²) in [7, 11) is 0. The second-order valence-electron chi connectivity index (χ2n) is 7.08. The van der Waals surface area contributed by atoms with Crippen molar-refractivity contribution in [3.63, 3.8) is 0 Å². The molecule has 0 atom stereocenters. The minimum absolute atomic E-state index is 0.123. The number of amides is 4. The van der Waals surface area contributed by atoms with Crippen LogP contribution in [0.3, 0.4) is 0 Å². The summed E-state index contributed by atoms with van der Waals surface area (Å²) in [6, 6.07) is 16.2. The van der Waals surface area contributed by atoms with Gasteiger partial charge in [0.05, 0.1) is 0 Å². The lowest BCUT2D eigenvalue weighted by Gasteiger charge is -2.22. The van der Waals surface area contributed by atoms with E-state index < -0.39 is 5.91 Å². The van der Waals surface area contributed by atoms with Crippen LogP contribution in [0.2, 0.25) is 0 Å². The molecule has 0 aromatic heterocycles. The first kappa shape index (κ1) is 20.4. The number of urea groups is 1. The second kappa shape index (κ2) is 9.73. The van der Waals surface area contributed by atoms with Crippen molar-refractivity contribution in [3.05, 3.63) is 65.7 Å². The average molecular weight is 394 g/mol. The molecule has 0 radical (unpaired) electrons. The average Bonchev–Trinajstić information content (AvgIpc) is 2.99. The molecule has 0 spiro atoms. The summed E-state index contributed by atoms with van der Waals surface area (Å²) in [5, 5.41) is 2.83. The maximum absolute atomic E-state index is 12.5. The number of rotatable bonds is 5. The van der Waals surface area contributed by atoms with Crippen LogP contribution in [0.4, 0.5) is 10.5 Å². The molecule has 7 nitrogen and oxygen atoms in total. The monoisotopic (exact) mass is 394 g/mol. The molecule has 1 heterocycles. The lowest BCUT2D eigenvalue weighted by molar-refractivity contribution is -0.131. The topological polar surface area (TPSA) is 95.7 Å². The lowest BCUT2D eigenvalue weighted by atomic mass is 10.1. The van der Waals surface area contributed by atoms with Crippen LogP contribution in [0, 0.1) is 0 Å². The number of primary amides is 1. The Kier molecular flexibility index (Phi) is 6.84. The van der Waals surface area contributed by atoms with Gasteiger partial charge in [0.1, 0.15) is 0 Å². The second-order valence-corrected chi connectivity index (χ2v) is 7.08. The lowest BCUT2D eigenvalue weighted by Crippen LogP contribution is -2.39. The van der Waals surface area contributed by atoms with Crippen LogP contribution in [-0.2, 0) is 11.2 Å². The molecular formula is C22H26N4O3. The quantitative estimate of drug-likeness (QED) is 0.815. The standard InChI is InChI=1S/C22H26N4O3/c23-21(28)18-8-10-19(11-9-18)24-22(29)26-14-4-13-25(15-16-26)20(27)12-7-17-5-2-1-3-6-17/h1-3,5-6,8-11H,4,7,12-16H2,(H2,23,28)(H,24,29). The van der Waals surface area contributed by atoms with Crippen LogP contribution >= 0.6 is 0 Å². The van der Waals surface area contributed by atoms with E-state index in [1.807, 2.05) is 35.2 Å². The number of anilines is 1.